The Labute approximate surface area is 120 Å². The maximum atomic E-state index is 4.40. The van der Waals surface area contributed by atoms with Gasteiger partial charge in [0.05, 0.1) is 16.3 Å². The minimum Gasteiger partial charge on any atom is -0.361 e. The van der Waals surface area contributed by atoms with E-state index in [-0.39, 0.29) is 0 Å². The van der Waals surface area contributed by atoms with Crippen molar-refractivity contribution in [3.63, 3.8) is 0 Å². The topological polar surface area (TPSA) is 37.8 Å². The monoisotopic (exact) mass is 289 g/mol. The quantitative estimate of drug-likeness (QED) is 0.739. The maximum Gasteiger partial charge on any atom is 0.147 e. The van der Waals surface area contributed by atoms with Gasteiger partial charge in [0.25, 0.3) is 0 Å². The summed E-state index contributed by atoms with van der Waals surface area (Å²) in [6.07, 6.45) is 3.89. The fourth-order valence-electron chi connectivity index (χ4n) is 2.12. The van der Waals surface area contributed by atoms with Gasteiger partial charge in [-0.15, -0.1) is 22.7 Å². The van der Waals surface area contributed by atoms with Gasteiger partial charge in [-0.2, -0.15) is 0 Å². The van der Waals surface area contributed by atoms with Gasteiger partial charge in [-0.3, -0.25) is 0 Å². The van der Waals surface area contributed by atoms with Crippen LogP contribution < -0.4 is 5.32 Å². The second kappa shape index (κ2) is 5.67. The predicted molar refractivity (Wildman–Crippen MR) is 83.0 cm³/mol. The van der Waals surface area contributed by atoms with E-state index in [1.54, 1.807) is 29.0 Å². The van der Waals surface area contributed by atoms with Crippen LogP contribution in [0.5, 0.6) is 0 Å². The van der Waals surface area contributed by atoms with E-state index in [1.807, 2.05) is 6.07 Å². The van der Waals surface area contributed by atoms with Crippen LogP contribution in [0.3, 0.4) is 0 Å². The molecule has 1 unspecified atom stereocenters. The lowest BCUT2D eigenvalue weighted by molar-refractivity contribution is 0.685. The molecule has 3 aromatic rings. The Balaban J connectivity index is 1.91. The fourth-order valence-corrected chi connectivity index (χ4v) is 3.73. The Hall–Kier alpha value is -1.46. The number of thiophene rings is 2. The number of rotatable bonds is 5. The lowest BCUT2D eigenvalue weighted by atomic mass is 10.1. The normalized spacial score (nSPS) is 12.7. The van der Waals surface area contributed by atoms with Crippen LogP contribution in [0, 0.1) is 0 Å². The molecule has 0 saturated heterocycles. The van der Waals surface area contributed by atoms with Crippen molar-refractivity contribution >= 4 is 38.7 Å². The molecular weight excluding hydrogens is 274 g/mol. The molecule has 0 radical (unpaired) electrons. The van der Waals surface area contributed by atoms with E-state index < -0.39 is 0 Å². The van der Waals surface area contributed by atoms with Gasteiger partial charge in [0.2, 0.25) is 0 Å². The van der Waals surface area contributed by atoms with Crippen LogP contribution in [0.2, 0.25) is 0 Å². The van der Waals surface area contributed by atoms with Crippen LogP contribution in [0.25, 0.3) is 10.2 Å². The molecule has 0 spiro atoms. The third kappa shape index (κ3) is 2.62. The van der Waals surface area contributed by atoms with Gasteiger partial charge in [0.15, 0.2) is 0 Å². The summed E-state index contributed by atoms with van der Waals surface area (Å²) in [4.78, 5) is 10.0. The Morgan fingerprint density at radius 3 is 2.95 bits per heavy atom. The molecule has 3 nitrogen and oxygen atoms in total. The summed E-state index contributed by atoms with van der Waals surface area (Å²) >= 11 is 3.48. The molecule has 3 aromatic heterocycles. The molecule has 1 atom stereocenters. The first-order chi connectivity index (χ1) is 9.38. The Kier molecular flexibility index (Phi) is 3.75. The highest BCUT2D eigenvalue weighted by Gasteiger charge is 2.14. The first kappa shape index (κ1) is 12.6. The third-order valence-electron chi connectivity index (χ3n) is 3.02. The molecule has 98 valence electrons. The van der Waals surface area contributed by atoms with Gasteiger partial charge < -0.3 is 5.32 Å². The zero-order valence-electron chi connectivity index (χ0n) is 10.7. The average Bonchev–Trinajstić information content (AvgIpc) is 3.10. The molecular formula is C14H15N3S2. The minimum absolute atomic E-state index is 0.338. The van der Waals surface area contributed by atoms with Gasteiger partial charge in [-0.25, -0.2) is 9.97 Å². The largest absolute Gasteiger partial charge is 0.361 e. The lowest BCUT2D eigenvalue weighted by Crippen LogP contribution is -2.10. The zero-order chi connectivity index (χ0) is 13.1. The van der Waals surface area contributed by atoms with E-state index in [0.717, 1.165) is 28.9 Å². The number of aromatic nitrogens is 2. The zero-order valence-corrected chi connectivity index (χ0v) is 12.3. The Morgan fingerprint density at radius 2 is 2.16 bits per heavy atom. The van der Waals surface area contributed by atoms with Gasteiger partial charge in [0.1, 0.15) is 12.1 Å². The number of nitrogens with zero attached hydrogens (tertiary/aromatic N) is 2. The summed E-state index contributed by atoms with van der Waals surface area (Å²) in [5.41, 5.74) is 1.02. The van der Waals surface area contributed by atoms with Crippen LogP contribution in [0.15, 0.2) is 35.3 Å². The summed E-state index contributed by atoms with van der Waals surface area (Å²) in [5, 5.41) is 7.77. The van der Waals surface area contributed by atoms with Crippen molar-refractivity contribution < 1.29 is 0 Å². The molecule has 0 saturated carbocycles. The van der Waals surface area contributed by atoms with Crippen LogP contribution in [-0.2, 0) is 0 Å². The summed E-state index contributed by atoms with van der Waals surface area (Å²) in [7, 11) is 0. The fraction of sp³-hybridized carbons (Fsp3) is 0.286. The average molecular weight is 289 g/mol. The summed E-state index contributed by atoms with van der Waals surface area (Å²) in [6.45, 7) is 2.21. The number of anilines is 1. The van der Waals surface area contributed by atoms with Crippen LogP contribution in [-0.4, -0.2) is 9.97 Å². The first-order valence-corrected chi connectivity index (χ1v) is 8.12. The molecule has 0 aliphatic heterocycles. The highest BCUT2D eigenvalue weighted by atomic mass is 32.1. The Bertz CT molecular complexity index is 646. The van der Waals surface area contributed by atoms with Gasteiger partial charge in [-0.05, 0) is 29.3 Å². The molecule has 0 aromatic carbocycles. The van der Waals surface area contributed by atoms with Crippen molar-refractivity contribution in [1.82, 2.24) is 9.97 Å². The Morgan fingerprint density at radius 1 is 1.21 bits per heavy atom. The minimum atomic E-state index is 0.338. The molecule has 5 heteroatoms. The van der Waals surface area contributed by atoms with Crippen molar-refractivity contribution in [2.24, 2.45) is 0 Å². The van der Waals surface area contributed by atoms with E-state index in [9.17, 15) is 0 Å². The highest BCUT2D eigenvalue weighted by molar-refractivity contribution is 7.17. The molecule has 19 heavy (non-hydrogen) atoms. The van der Waals surface area contributed by atoms with Crippen molar-refractivity contribution in [3.05, 3.63) is 40.2 Å². The predicted octanol–water partition coefficient (Wildman–Crippen LogP) is 4.71. The van der Waals surface area contributed by atoms with E-state index in [2.05, 4.69) is 45.1 Å². The maximum absolute atomic E-state index is 4.40. The van der Waals surface area contributed by atoms with Crippen molar-refractivity contribution in [3.8, 4) is 0 Å². The van der Waals surface area contributed by atoms with E-state index in [4.69, 9.17) is 0 Å². The molecule has 0 aliphatic rings. The van der Waals surface area contributed by atoms with Gasteiger partial charge in [-0.1, -0.05) is 19.4 Å². The second-order valence-corrected chi connectivity index (χ2v) is 6.25. The van der Waals surface area contributed by atoms with Crippen LogP contribution >= 0.6 is 22.7 Å². The van der Waals surface area contributed by atoms with Crippen LogP contribution in [0.1, 0.15) is 30.7 Å². The molecule has 0 aliphatic carbocycles. The number of nitrogens with one attached hydrogen (secondary N) is 1. The van der Waals surface area contributed by atoms with Gasteiger partial charge in [0, 0.05) is 4.88 Å². The van der Waals surface area contributed by atoms with E-state index in [0.29, 0.717) is 6.04 Å². The van der Waals surface area contributed by atoms with E-state index >= 15 is 0 Å². The van der Waals surface area contributed by atoms with E-state index in [1.165, 1.54) is 4.88 Å². The molecule has 0 amide bonds. The van der Waals surface area contributed by atoms with Crippen LogP contribution in [0.4, 0.5) is 5.82 Å². The van der Waals surface area contributed by atoms with Crippen molar-refractivity contribution in [2.75, 3.05) is 5.32 Å². The SMILES string of the molecule is CCCC(Nc1ncnc2ccsc12)c1cccs1. The number of hydrogen-bond acceptors (Lipinski definition) is 5. The number of fused-ring (bicyclic) bond motifs is 1. The molecule has 3 rings (SSSR count). The van der Waals surface area contributed by atoms with Crippen molar-refractivity contribution in [2.45, 2.75) is 25.8 Å². The summed E-state index contributed by atoms with van der Waals surface area (Å²) in [5.74, 6) is 0.951. The first-order valence-electron chi connectivity index (χ1n) is 6.36. The smallest absolute Gasteiger partial charge is 0.147 e. The lowest BCUT2D eigenvalue weighted by Gasteiger charge is -2.17. The third-order valence-corrected chi connectivity index (χ3v) is 4.91. The molecule has 1 N–H and O–H groups in total. The molecule has 3 heterocycles. The van der Waals surface area contributed by atoms with Crippen molar-refractivity contribution in [1.29, 1.82) is 0 Å². The summed E-state index contributed by atoms with van der Waals surface area (Å²) in [6, 6.07) is 6.66. The second-order valence-electron chi connectivity index (χ2n) is 4.36. The van der Waals surface area contributed by atoms with Gasteiger partial charge >= 0.3 is 0 Å². The number of hydrogen-bond donors (Lipinski definition) is 1. The molecule has 0 bridgehead atoms. The molecule has 0 fully saturated rings. The standard InChI is InChI=1S/C14H15N3S2/c1-2-4-10(12-5-3-7-18-12)17-14-13-11(6-8-19-13)15-9-16-14/h3,5-10H,2,4H2,1H3,(H,15,16,17). The summed E-state index contributed by atoms with van der Waals surface area (Å²) < 4.78 is 1.14. The highest BCUT2D eigenvalue weighted by Crippen LogP contribution is 2.31.